The number of nitrogens with zero attached hydrogens (tertiary/aromatic N) is 4. The normalized spacial score (nSPS) is 10.8. The fourth-order valence-electron chi connectivity index (χ4n) is 1.57. The molecule has 0 amide bonds. The molecule has 1 heterocycles. The van der Waals surface area contributed by atoms with Gasteiger partial charge in [-0.05, 0) is 19.1 Å². The minimum Gasteiger partial charge on any atom is -0.410 e. The first-order valence-corrected chi connectivity index (χ1v) is 6.65. The van der Waals surface area contributed by atoms with Crippen molar-refractivity contribution in [2.75, 3.05) is 14.1 Å². The lowest BCUT2D eigenvalue weighted by Gasteiger charge is -2.07. The summed E-state index contributed by atoms with van der Waals surface area (Å²) in [6, 6.07) is 6.61. The monoisotopic (exact) mass is 318 g/mol. The van der Waals surface area contributed by atoms with Crippen LogP contribution in [0.15, 0.2) is 40.2 Å². The van der Waals surface area contributed by atoms with Crippen LogP contribution >= 0.6 is 0 Å². The van der Waals surface area contributed by atoms with Crippen molar-refractivity contribution in [3.05, 3.63) is 52.3 Å². The molecular formula is C15H15FN4O3. The van der Waals surface area contributed by atoms with Gasteiger partial charge in [-0.1, -0.05) is 17.7 Å². The van der Waals surface area contributed by atoms with E-state index in [4.69, 9.17) is 4.74 Å². The number of rotatable bonds is 3. The number of carbonyl (C=O) groups excluding carboxylic acids is 1. The Hall–Kier alpha value is -3.03. The Morgan fingerprint density at radius 1 is 1.35 bits per heavy atom. The van der Waals surface area contributed by atoms with Gasteiger partial charge in [0.1, 0.15) is 5.75 Å². The van der Waals surface area contributed by atoms with Gasteiger partial charge in [-0.25, -0.2) is 19.0 Å². The Balaban J connectivity index is 2.26. The molecule has 0 bridgehead atoms. The van der Waals surface area contributed by atoms with Crippen LogP contribution in [0, 0.1) is 12.7 Å². The molecule has 0 aliphatic rings. The molecule has 0 atom stereocenters. The third-order valence-electron chi connectivity index (χ3n) is 2.70. The Labute approximate surface area is 131 Å². The van der Waals surface area contributed by atoms with E-state index in [9.17, 15) is 14.0 Å². The van der Waals surface area contributed by atoms with Crippen LogP contribution in [0.3, 0.4) is 0 Å². The molecule has 7 nitrogen and oxygen atoms in total. The van der Waals surface area contributed by atoms with Crippen LogP contribution in [0.5, 0.6) is 5.75 Å². The van der Waals surface area contributed by atoms with Crippen molar-refractivity contribution in [2.24, 2.45) is 4.99 Å². The molecule has 0 unspecified atom stereocenters. The van der Waals surface area contributed by atoms with Gasteiger partial charge in [0, 0.05) is 14.1 Å². The minimum absolute atomic E-state index is 0.239. The van der Waals surface area contributed by atoms with E-state index in [0.29, 0.717) is 10.8 Å². The lowest BCUT2D eigenvalue weighted by atomic mass is 10.2. The molecule has 0 N–H and O–H groups in total. The zero-order chi connectivity index (χ0) is 17.0. The molecular weight excluding hydrogens is 303 g/mol. The molecule has 120 valence electrons. The number of aryl methyl sites for hydroxylation is 1. The first kappa shape index (κ1) is 16.3. The predicted molar refractivity (Wildman–Crippen MR) is 82.9 cm³/mol. The Bertz CT molecular complexity index is 797. The summed E-state index contributed by atoms with van der Waals surface area (Å²) in [7, 11) is 3.36. The predicted octanol–water partition coefficient (Wildman–Crippen LogP) is 1.96. The second-order valence-corrected chi connectivity index (χ2v) is 4.95. The van der Waals surface area contributed by atoms with E-state index in [-0.39, 0.29) is 5.75 Å². The van der Waals surface area contributed by atoms with Crippen molar-refractivity contribution >= 4 is 18.2 Å². The first-order chi connectivity index (χ1) is 10.9. The Kier molecular flexibility index (Phi) is 4.85. The van der Waals surface area contributed by atoms with Gasteiger partial charge < -0.3 is 9.64 Å². The number of halogens is 1. The molecule has 0 saturated carbocycles. The van der Waals surface area contributed by atoms with Gasteiger partial charge in [-0.3, -0.25) is 0 Å². The fraction of sp³-hybridized carbons (Fsp3) is 0.200. The fourth-order valence-corrected chi connectivity index (χ4v) is 1.57. The molecule has 2 rings (SSSR count). The number of aliphatic imine (C=N–C) groups is 1. The third kappa shape index (κ3) is 4.22. The zero-order valence-electron chi connectivity index (χ0n) is 12.9. The second-order valence-electron chi connectivity index (χ2n) is 4.95. The summed E-state index contributed by atoms with van der Waals surface area (Å²) in [5, 5.41) is 0. The van der Waals surface area contributed by atoms with Gasteiger partial charge in [-0.2, -0.15) is 9.55 Å². The summed E-state index contributed by atoms with van der Waals surface area (Å²) < 4.78 is 19.3. The van der Waals surface area contributed by atoms with Crippen LogP contribution in [0.25, 0.3) is 0 Å². The Morgan fingerprint density at radius 3 is 2.61 bits per heavy atom. The number of aromatic nitrogens is 2. The third-order valence-corrected chi connectivity index (χ3v) is 2.70. The van der Waals surface area contributed by atoms with E-state index in [0.717, 1.165) is 5.56 Å². The topological polar surface area (TPSA) is 76.8 Å². The Morgan fingerprint density at radius 2 is 2.00 bits per heavy atom. The smallest absolute Gasteiger partial charge is 0.410 e. The average molecular weight is 318 g/mol. The molecule has 0 saturated heterocycles. The van der Waals surface area contributed by atoms with E-state index in [1.54, 1.807) is 43.3 Å². The summed E-state index contributed by atoms with van der Waals surface area (Å²) in [5.41, 5.74) is 0.00667. The van der Waals surface area contributed by atoms with Crippen LogP contribution in [0.1, 0.15) is 5.56 Å². The van der Waals surface area contributed by atoms with Gasteiger partial charge in [0.05, 0.1) is 12.5 Å². The highest BCUT2D eigenvalue weighted by molar-refractivity contribution is 5.73. The number of ether oxygens (including phenoxy) is 1. The van der Waals surface area contributed by atoms with Gasteiger partial charge in [0.25, 0.3) is 0 Å². The van der Waals surface area contributed by atoms with Gasteiger partial charge in [0.2, 0.25) is 0 Å². The molecule has 0 radical (unpaired) electrons. The summed E-state index contributed by atoms with van der Waals surface area (Å²) in [4.78, 5) is 32.4. The van der Waals surface area contributed by atoms with E-state index in [2.05, 4.69) is 9.98 Å². The molecule has 8 heteroatoms. The van der Waals surface area contributed by atoms with Gasteiger partial charge >= 0.3 is 11.8 Å². The van der Waals surface area contributed by atoms with Gasteiger partial charge in [-0.15, -0.1) is 0 Å². The standard InChI is InChI=1S/C15H15FN4O3/c1-10-4-6-11(7-5-10)23-15(22)20-8-12(16)13(18-14(20)21)17-9-19(2)3/h4-9H,1-3H3/b17-9+. The highest BCUT2D eigenvalue weighted by Crippen LogP contribution is 2.13. The summed E-state index contributed by atoms with van der Waals surface area (Å²) in [6.45, 7) is 1.88. The summed E-state index contributed by atoms with van der Waals surface area (Å²) >= 11 is 0. The first-order valence-electron chi connectivity index (χ1n) is 6.65. The highest BCUT2D eigenvalue weighted by atomic mass is 19.1. The molecule has 0 fully saturated rings. The molecule has 0 spiro atoms. The SMILES string of the molecule is Cc1ccc(OC(=O)n2cc(F)c(/N=C/N(C)C)nc2=O)cc1. The average Bonchev–Trinajstić information content (AvgIpc) is 2.49. The van der Waals surface area contributed by atoms with Gasteiger partial charge in [0.15, 0.2) is 11.6 Å². The van der Waals surface area contributed by atoms with E-state index in [1.807, 2.05) is 6.92 Å². The number of hydrogen-bond acceptors (Lipinski definition) is 5. The van der Waals surface area contributed by atoms with Crippen LogP contribution in [0.2, 0.25) is 0 Å². The lowest BCUT2D eigenvalue weighted by molar-refractivity contribution is 0.200. The minimum atomic E-state index is -1.05. The molecule has 1 aromatic heterocycles. The molecule has 2 aromatic rings. The maximum atomic E-state index is 13.9. The highest BCUT2D eigenvalue weighted by Gasteiger charge is 2.15. The zero-order valence-corrected chi connectivity index (χ0v) is 12.9. The van der Waals surface area contributed by atoms with Crippen molar-refractivity contribution in [3.8, 4) is 5.75 Å². The van der Waals surface area contributed by atoms with Crippen LogP contribution in [-0.4, -0.2) is 41.0 Å². The maximum Gasteiger partial charge on any atom is 0.427 e. The van der Waals surface area contributed by atoms with E-state index >= 15 is 0 Å². The number of hydrogen-bond donors (Lipinski definition) is 0. The lowest BCUT2D eigenvalue weighted by Crippen LogP contribution is -2.31. The largest absolute Gasteiger partial charge is 0.427 e. The molecule has 1 aromatic carbocycles. The molecule has 23 heavy (non-hydrogen) atoms. The van der Waals surface area contributed by atoms with Crippen molar-refractivity contribution in [1.82, 2.24) is 14.5 Å². The van der Waals surface area contributed by atoms with Crippen molar-refractivity contribution in [3.63, 3.8) is 0 Å². The summed E-state index contributed by atoms with van der Waals surface area (Å²) in [5.74, 6) is -1.07. The van der Waals surface area contributed by atoms with Crippen LogP contribution < -0.4 is 10.4 Å². The maximum absolute atomic E-state index is 13.9. The molecule has 0 aliphatic heterocycles. The number of benzene rings is 1. The quantitative estimate of drug-likeness (QED) is 0.638. The molecule has 0 aliphatic carbocycles. The van der Waals surface area contributed by atoms with E-state index < -0.39 is 23.4 Å². The van der Waals surface area contributed by atoms with Crippen LogP contribution in [-0.2, 0) is 0 Å². The summed E-state index contributed by atoms with van der Waals surface area (Å²) in [6.07, 6.45) is 0.946. The second kappa shape index (κ2) is 6.82. The van der Waals surface area contributed by atoms with Crippen LogP contribution in [0.4, 0.5) is 15.0 Å². The van der Waals surface area contributed by atoms with Crippen molar-refractivity contribution in [2.45, 2.75) is 6.92 Å². The number of carbonyl (C=O) groups is 1. The van der Waals surface area contributed by atoms with Crippen molar-refractivity contribution < 1.29 is 13.9 Å². The van der Waals surface area contributed by atoms with Crippen molar-refractivity contribution in [1.29, 1.82) is 0 Å². The van der Waals surface area contributed by atoms with E-state index in [1.165, 1.54) is 6.34 Å².